The van der Waals surface area contributed by atoms with Gasteiger partial charge in [-0.3, -0.25) is 4.79 Å². The van der Waals surface area contributed by atoms with Gasteiger partial charge in [-0.2, -0.15) is 0 Å². The van der Waals surface area contributed by atoms with Crippen LogP contribution in [0.3, 0.4) is 0 Å². The predicted octanol–water partition coefficient (Wildman–Crippen LogP) is 3.34. The van der Waals surface area contributed by atoms with E-state index in [4.69, 9.17) is 4.74 Å². The maximum atomic E-state index is 12.3. The van der Waals surface area contributed by atoms with Crippen molar-refractivity contribution >= 4 is 12.1 Å². The van der Waals surface area contributed by atoms with E-state index in [0.717, 1.165) is 22.3 Å². The summed E-state index contributed by atoms with van der Waals surface area (Å²) in [4.78, 5) is 23.8. The van der Waals surface area contributed by atoms with Crippen molar-refractivity contribution in [2.75, 3.05) is 20.3 Å². The Bertz CT molecular complexity index is 1130. The number of hydrogen-bond acceptors (Lipinski definition) is 6. The zero-order valence-corrected chi connectivity index (χ0v) is 18.8. The summed E-state index contributed by atoms with van der Waals surface area (Å²) in [5.41, 5.74) is 5.58. The third kappa shape index (κ3) is 5.11. The molecule has 0 spiro atoms. The summed E-state index contributed by atoms with van der Waals surface area (Å²) in [5, 5.41) is 23.4. The summed E-state index contributed by atoms with van der Waals surface area (Å²) in [5.74, 6) is -0.463. The number of alkyl carbamates (subject to hydrolysis) is 1. The lowest BCUT2D eigenvalue weighted by Gasteiger charge is -2.20. The summed E-state index contributed by atoms with van der Waals surface area (Å²) in [6.45, 7) is -0.0346. The summed E-state index contributed by atoms with van der Waals surface area (Å²) < 4.78 is 10.1. The van der Waals surface area contributed by atoms with Gasteiger partial charge in [-0.05, 0) is 33.4 Å². The van der Waals surface area contributed by atoms with Gasteiger partial charge in [0, 0.05) is 12.5 Å². The number of nitrogens with one attached hydrogen (secondary N) is 1. The second kappa shape index (κ2) is 10.5. The number of benzene rings is 3. The maximum absolute atomic E-state index is 12.3. The van der Waals surface area contributed by atoms with E-state index >= 15 is 0 Å². The zero-order chi connectivity index (χ0) is 24.1. The molecule has 0 saturated carbocycles. The van der Waals surface area contributed by atoms with Crippen molar-refractivity contribution in [1.82, 2.24) is 5.32 Å². The van der Waals surface area contributed by atoms with E-state index in [1.165, 1.54) is 7.11 Å². The summed E-state index contributed by atoms with van der Waals surface area (Å²) in [6.07, 6.45) is -3.11. The Morgan fingerprint density at radius 3 is 2.24 bits per heavy atom. The average Bonchev–Trinajstić information content (AvgIpc) is 3.19. The van der Waals surface area contributed by atoms with E-state index in [2.05, 4.69) is 22.2 Å². The molecule has 1 aliphatic carbocycles. The van der Waals surface area contributed by atoms with Crippen LogP contribution in [0.1, 0.15) is 34.3 Å². The highest BCUT2D eigenvalue weighted by atomic mass is 16.5. The molecule has 7 heteroatoms. The van der Waals surface area contributed by atoms with Crippen molar-refractivity contribution in [1.29, 1.82) is 0 Å². The molecule has 0 radical (unpaired) electrons. The largest absolute Gasteiger partial charge is 0.469 e. The lowest BCUT2D eigenvalue weighted by molar-refractivity contribution is -0.139. The highest BCUT2D eigenvalue weighted by molar-refractivity contribution is 5.79. The van der Waals surface area contributed by atoms with Crippen LogP contribution < -0.4 is 5.32 Å². The van der Waals surface area contributed by atoms with Crippen LogP contribution in [-0.4, -0.2) is 48.6 Å². The standard InChI is InChI=1S/C27H27NO6/c1-33-25(30)14-17-7-6-8-18(13-17)26(31)24(29)15-28-27(32)34-16-23-21-11-4-2-9-19(21)20-10-3-5-12-22(20)23/h2-13,23-24,26,29,31H,14-16H2,1H3,(H,28,32). The molecule has 0 bridgehead atoms. The van der Waals surface area contributed by atoms with Gasteiger partial charge in [0.1, 0.15) is 18.8 Å². The number of hydrogen-bond donors (Lipinski definition) is 3. The first-order valence-corrected chi connectivity index (χ1v) is 11.1. The molecular formula is C27H27NO6. The molecule has 0 aromatic heterocycles. The van der Waals surface area contributed by atoms with Gasteiger partial charge in [0.25, 0.3) is 0 Å². The first-order chi connectivity index (χ1) is 16.5. The molecule has 3 aromatic carbocycles. The van der Waals surface area contributed by atoms with Crippen molar-refractivity contribution < 1.29 is 29.3 Å². The van der Waals surface area contributed by atoms with E-state index in [1.54, 1.807) is 24.3 Å². The van der Waals surface area contributed by atoms with E-state index in [0.29, 0.717) is 11.1 Å². The number of amides is 1. The van der Waals surface area contributed by atoms with Crippen molar-refractivity contribution in [2.24, 2.45) is 0 Å². The summed E-state index contributed by atoms with van der Waals surface area (Å²) >= 11 is 0. The van der Waals surface area contributed by atoms with Gasteiger partial charge in [-0.1, -0.05) is 72.8 Å². The van der Waals surface area contributed by atoms with Gasteiger partial charge >= 0.3 is 12.1 Å². The third-order valence-corrected chi connectivity index (χ3v) is 6.03. The lowest BCUT2D eigenvalue weighted by atomic mass is 9.98. The molecule has 3 N–H and O–H groups in total. The Labute approximate surface area is 198 Å². The van der Waals surface area contributed by atoms with E-state index in [-0.39, 0.29) is 25.5 Å². The SMILES string of the molecule is COC(=O)Cc1cccc(C(O)C(O)CNC(=O)OCC2c3ccccc3-c3ccccc32)c1. The molecule has 0 saturated heterocycles. The van der Waals surface area contributed by atoms with Crippen LogP contribution in [0.25, 0.3) is 11.1 Å². The van der Waals surface area contributed by atoms with Crippen LogP contribution in [0.4, 0.5) is 4.79 Å². The van der Waals surface area contributed by atoms with Gasteiger partial charge in [-0.15, -0.1) is 0 Å². The quantitative estimate of drug-likeness (QED) is 0.445. The molecular weight excluding hydrogens is 434 g/mol. The molecule has 1 amide bonds. The van der Waals surface area contributed by atoms with Crippen molar-refractivity contribution in [3.63, 3.8) is 0 Å². The predicted molar refractivity (Wildman–Crippen MR) is 126 cm³/mol. The summed E-state index contributed by atoms with van der Waals surface area (Å²) in [7, 11) is 1.31. The first-order valence-electron chi connectivity index (χ1n) is 11.1. The van der Waals surface area contributed by atoms with Crippen molar-refractivity contribution in [3.8, 4) is 11.1 Å². The number of esters is 1. The lowest BCUT2D eigenvalue weighted by Crippen LogP contribution is -2.36. The molecule has 4 rings (SSSR count). The summed E-state index contributed by atoms with van der Waals surface area (Å²) in [6, 6.07) is 22.8. The molecule has 0 fully saturated rings. The molecule has 176 valence electrons. The third-order valence-electron chi connectivity index (χ3n) is 6.03. The van der Waals surface area contributed by atoms with Crippen LogP contribution in [0, 0.1) is 0 Å². The number of aliphatic hydroxyl groups excluding tert-OH is 2. The second-order valence-electron chi connectivity index (χ2n) is 8.22. The second-order valence-corrected chi connectivity index (χ2v) is 8.22. The van der Waals surface area contributed by atoms with Crippen molar-refractivity contribution in [3.05, 3.63) is 95.1 Å². The number of methoxy groups -OCH3 is 1. The minimum Gasteiger partial charge on any atom is -0.469 e. The fraction of sp³-hybridized carbons (Fsp3) is 0.259. The fourth-order valence-corrected chi connectivity index (χ4v) is 4.30. The van der Waals surface area contributed by atoms with Gasteiger partial charge in [0.15, 0.2) is 0 Å². The van der Waals surface area contributed by atoms with E-state index < -0.39 is 24.3 Å². The average molecular weight is 462 g/mol. The number of carbonyl (C=O) groups is 2. The molecule has 0 aliphatic heterocycles. The van der Waals surface area contributed by atoms with E-state index in [9.17, 15) is 19.8 Å². The molecule has 34 heavy (non-hydrogen) atoms. The molecule has 3 aromatic rings. The van der Waals surface area contributed by atoms with Gasteiger partial charge < -0.3 is 25.0 Å². The van der Waals surface area contributed by atoms with Crippen LogP contribution >= 0.6 is 0 Å². The number of rotatable bonds is 8. The zero-order valence-electron chi connectivity index (χ0n) is 18.8. The molecule has 0 heterocycles. The van der Waals surface area contributed by atoms with Gasteiger partial charge in [-0.25, -0.2) is 4.79 Å². The molecule has 2 atom stereocenters. The molecule has 7 nitrogen and oxygen atoms in total. The minimum absolute atomic E-state index is 0.0607. The van der Waals surface area contributed by atoms with Gasteiger partial charge in [0.05, 0.1) is 13.5 Å². The Hall–Kier alpha value is -3.68. The van der Waals surface area contributed by atoms with Crippen molar-refractivity contribution in [2.45, 2.75) is 24.5 Å². The Balaban J connectivity index is 1.32. The monoisotopic (exact) mass is 461 g/mol. The molecule has 1 aliphatic rings. The maximum Gasteiger partial charge on any atom is 0.407 e. The smallest absolute Gasteiger partial charge is 0.407 e. The number of ether oxygens (including phenoxy) is 2. The van der Waals surface area contributed by atoms with Crippen LogP contribution in [0.5, 0.6) is 0 Å². The number of carbonyl (C=O) groups excluding carboxylic acids is 2. The Morgan fingerprint density at radius 1 is 0.941 bits per heavy atom. The Morgan fingerprint density at radius 2 is 1.59 bits per heavy atom. The van der Waals surface area contributed by atoms with Crippen LogP contribution in [0.2, 0.25) is 0 Å². The normalized spacial score (nSPS) is 14.0. The topological polar surface area (TPSA) is 105 Å². The fourth-order valence-electron chi connectivity index (χ4n) is 4.30. The number of aliphatic hydroxyl groups is 2. The van der Waals surface area contributed by atoms with Gasteiger partial charge in [0.2, 0.25) is 0 Å². The minimum atomic E-state index is -1.26. The first kappa shape index (κ1) is 23.5. The Kier molecular flexibility index (Phi) is 7.25. The number of fused-ring (bicyclic) bond motifs is 3. The van der Waals surface area contributed by atoms with E-state index in [1.807, 2.05) is 36.4 Å². The highest BCUT2D eigenvalue weighted by Gasteiger charge is 2.29. The van der Waals surface area contributed by atoms with Crippen LogP contribution in [-0.2, 0) is 20.7 Å². The van der Waals surface area contributed by atoms with Crippen LogP contribution in [0.15, 0.2) is 72.8 Å². The molecule has 2 unspecified atom stereocenters. The highest BCUT2D eigenvalue weighted by Crippen LogP contribution is 2.44.